The lowest BCUT2D eigenvalue weighted by Crippen LogP contribution is -2.22. The molecule has 2 aliphatic heterocycles. The van der Waals surface area contributed by atoms with Gasteiger partial charge in [0.2, 0.25) is 0 Å². The number of halogens is 1. The van der Waals surface area contributed by atoms with Gasteiger partial charge >= 0.3 is 8.60 Å². The van der Waals surface area contributed by atoms with Crippen LogP contribution in [0.25, 0.3) is 0 Å². The first kappa shape index (κ1) is 19.7. The van der Waals surface area contributed by atoms with Crippen LogP contribution in [0.1, 0.15) is 35.0 Å². The van der Waals surface area contributed by atoms with Gasteiger partial charge in [-0.1, -0.05) is 11.6 Å². The fourth-order valence-corrected chi connectivity index (χ4v) is 4.51. The molecule has 0 bridgehead atoms. The molecule has 0 radical (unpaired) electrons. The largest absolute Gasteiger partial charge is 0.426 e. The quantitative estimate of drug-likeness (QED) is 0.426. The normalized spacial score (nSPS) is 23.8. The van der Waals surface area contributed by atoms with E-state index in [1.54, 1.807) is 22.8 Å². The molecule has 1 fully saturated rings. The van der Waals surface area contributed by atoms with Gasteiger partial charge in [-0.05, 0) is 43.3 Å². The van der Waals surface area contributed by atoms with Crippen molar-refractivity contribution in [3.8, 4) is 5.75 Å². The molecule has 0 amide bonds. The number of ether oxygens (including phenoxy) is 1. The number of fused-ring (bicyclic) bond motifs is 1. The van der Waals surface area contributed by atoms with Gasteiger partial charge in [0.05, 0.1) is 24.9 Å². The van der Waals surface area contributed by atoms with Gasteiger partial charge in [0, 0.05) is 16.8 Å². The summed E-state index contributed by atoms with van der Waals surface area (Å²) in [6, 6.07) is 5.35. The fraction of sp³-hybridized carbons (Fsp3) is 0.353. The second kappa shape index (κ2) is 8.41. The average molecular weight is 443 g/mol. The third-order valence-corrected chi connectivity index (χ3v) is 6.00. The molecule has 1 saturated heterocycles. The van der Waals surface area contributed by atoms with Crippen molar-refractivity contribution >= 4 is 38.7 Å². The number of rotatable bonds is 5. The summed E-state index contributed by atoms with van der Waals surface area (Å²) < 4.78 is 24.8. The number of aldehydes is 1. The predicted molar refractivity (Wildman–Crippen MR) is 104 cm³/mol. The molecule has 1 aromatic heterocycles. The van der Waals surface area contributed by atoms with Crippen LogP contribution in [-0.4, -0.2) is 28.5 Å². The van der Waals surface area contributed by atoms with Crippen LogP contribution in [0.15, 0.2) is 29.2 Å². The number of nitrogens with zero attached hydrogens (tertiary/aromatic N) is 1. The summed E-state index contributed by atoms with van der Waals surface area (Å²) in [6.07, 6.45) is 2.76. The maximum absolute atomic E-state index is 11.6. The zero-order valence-corrected chi connectivity index (χ0v) is 17.0. The van der Waals surface area contributed by atoms with E-state index in [0.717, 1.165) is 12.0 Å². The maximum Gasteiger partial charge on any atom is 0.397 e. The summed E-state index contributed by atoms with van der Waals surface area (Å²) in [5.74, 6) is 0.702. The van der Waals surface area contributed by atoms with E-state index in [9.17, 15) is 9.59 Å². The molecule has 1 N–H and O–H groups in total. The van der Waals surface area contributed by atoms with Gasteiger partial charge in [-0.15, -0.1) is 0 Å². The Hall–Kier alpha value is -1.61. The predicted octanol–water partition coefficient (Wildman–Crippen LogP) is 3.90. The minimum Gasteiger partial charge on any atom is -0.426 e. The van der Waals surface area contributed by atoms with E-state index in [2.05, 4.69) is 4.98 Å². The Morgan fingerprint density at radius 2 is 2.29 bits per heavy atom. The third-order valence-electron chi connectivity index (χ3n) is 4.40. The summed E-state index contributed by atoms with van der Waals surface area (Å²) in [4.78, 5) is 25.1. The van der Waals surface area contributed by atoms with Crippen molar-refractivity contribution in [3.05, 3.63) is 55.7 Å². The highest BCUT2D eigenvalue weighted by Gasteiger charge is 2.30. The van der Waals surface area contributed by atoms with Gasteiger partial charge in [0.15, 0.2) is 11.1 Å². The minimum absolute atomic E-state index is 0.00290. The highest BCUT2D eigenvalue weighted by Crippen LogP contribution is 2.48. The number of H-pyrrole nitrogens is 1. The SMILES string of the molecule is O=Cc1cn(C2CCC(COP3OCc4cc(Cl)ccc4O3)O2)c(=S)[nH]c1=O. The highest BCUT2D eigenvalue weighted by atomic mass is 35.5. The third kappa shape index (κ3) is 4.20. The van der Waals surface area contributed by atoms with Crippen LogP contribution in [0, 0.1) is 4.77 Å². The van der Waals surface area contributed by atoms with Crippen LogP contribution < -0.4 is 10.1 Å². The molecule has 8 nitrogen and oxygen atoms in total. The second-order valence-electron chi connectivity index (χ2n) is 6.30. The lowest BCUT2D eigenvalue weighted by molar-refractivity contribution is -0.0220. The van der Waals surface area contributed by atoms with Crippen LogP contribution in [0.4, 0.5) is 0 Å². The summed E-state index contributed by atoms with van der Waals surface area (Å²) in [5.41, 5.74) is 0.374. The van der Waals surface area contributed by atoms with Gasteiger partial charge in [0.1, 0.15) is 12.0 Å². The molecular weight excluding hydrogens is 427 g/mol. The van der Waals surface area contributed by atoms with Crippen LogP contribution in [0.2, 0.25) is 5.02 Å². The van der Waals surface area contributed by atoms with Gasteiger partial charge < -0.3 is 9.26 Å². The molecule has 3 unspecified atom stereocenters. The minimum atomic E-state index is -1.52. The molecule has 2 aliphatic rings. The van der Waals surface area contributed by atoms with Gasteiger partial charge in [-0.3, -0.25) is 28.2 Å². The zero-order chi connectivity index (χ0) is 19.7. The van der Waals surface area contributed by atoms with E-state index in [0.29, 0.717) is 36.7 Å². The Bertz CT molecular complexity index is 1010. The Morgan fingerprint density at radius 3 is 3.11 bits per heavy atom. The second-order valence-corrected chi connectivity index (χ2v) is 8.26. The Balaban J connectivity index is 1.35. The van der Waals surface area contributed by atoms with Crippen molar-refractivity contribution in [1.29, 1.82) is 0 Å². The van der Waals surface area contributed by atoms with Crippen molar-refractivity contribution in [2.75, 3.05) is 6.61 Å². The van der Waals surface area contributed by atoms with Crippen LogP contribution in [0.3, 0.4) is 0 Å². The number of nitrogens with one attached hydrogen (secondary N) is 1. The van der Waals surface area contributed by atoms with Crippen LogP contribution in [-0.2, 0) is 20.4 Å². The molecule has 0 spiro atoms. The van der Waals surface area contributed by atoms with Crippen molar-refractivity contribution in [2.45, 2.75) is 31.8 Å². The number of carbonyl (C=O) groups excluding carboxylic acids is 1. The molecule has 148 valence electrons. The van der Waals surface area contributed by atoms with Gasteiger partial charge in [-0.2, -0.15) is 0 Å². The molecule has 3 atom stereocenters. The summed E-state index contributed by atoms with van der Waals surface area (Å²) in [6.45, 7) is 0.666. The number of benzene rings is 1. The van der Waals surface area contributed by atoms with Crippen LogP contribution in [0.5, 0.6) is 5.75 Å². The molecule has 2 aromatic rings. The number of aromatic amines is 1. The lowest BCUT2D eigenvalue weighted by Gasteiger charge is -2.25. The number of hydrogen-bond donors (Lipinski definition) is 1. The lowest BCUT2D eigenvalue weighted by atomic mass is 10.2. The molecule has 0 aliphatic carbocycles. The molecule has 0 saturated carbocycles. The highest BCUT2D eigenvalue weighted by molar-refractivity contribution is 7.71. The first-order valence-electron chi connectivity index (χ1n) is 8.52. The van der Waals surface area contributed by atoms with E-state index in [4.69, 9.17) is 42.1 Å². The topological polar surface area (TPSA) is 91.8 Å². The molecule has 11 heteroatoms. The molecule has 4 rings (SSSR count). The number of carbonyl (C=O) groups is 1. The average Bonchev–Trinajstić information content (AvgIpc) is 3.15. The first-order valence-corrected chi connectivity index (χ1v) is 10.4. The fourth-order valence-electron chi connectivity index (χ4n) is 3.00. The van der Waals surface area contributed by atoms with E-state index in [1.807, 2.05) is 0 Å². The standard InChI is InChI=1S/C17H16ClN2O6PS/c18-12-1-3-14-10(5-12)8-23-27(26-14)24-9-13-2-4-15(25-13)20-6-11(7-21)16(22)19-17(20)28/h1,3,5-7,13,15H,2,4,8-9H2,(H,19,22,28). The van der Waals surface area contributed by atoms with E-state index in [1.165, 1.54) is 6.20 Å². The summed E-state index contributed by atoms with van der Waals surface area (Å²) >= 11 is 11.1. The van der Waals surface area contributed by atoms with Crippen molar-refractivity contribution < 1.29 is 23.1 Å². The Morgan fingerprint density at radius 1 is 1.43 bits per heavy atom. The maximum atomic E-state index is 11.6. The van der Waals surface area contributed by atoms with Crippen LogP contribution >= 0.6 is 32.4 Å². The molecular formula is C17H16ClN2O6PS. The first-order chi connectivity index (χ1) is 13.5. The summed E-state index contributed by atoms with van der Waals surface area (Å²) in [7, 11) is -1.52. The van der Waals surface area contributed by atoms with Gasteiger partial charge in [0.25, 0.3) is 5.56 Å². The van der Waals surface area contributed by atoms with Gasteiger partial charge in [-0.25, -0.2) is 0 Å². The molecule has 3 heterocycles. The molecule has 1 aromatic carbocycles. The zero-order valence-electron chi connectivity index (χ0n) is 14.5. The van der Waals surface area contributed by atoms with E-state index < -0.39 is 14.2 Å². The monoisotopic (exact) mass is 442 g/mol. The summed E-state index contributed by atoms with van der Waals surface area (Å²) in [5, 5.41) is 0.627. The number of aromatic nitrogens is 2. The van der Waals surface area contributed by atoms with Crippen molar-refractivity contribution in [1.82, 2.24) is 9.55 Å². The van der Waals surface area contributed by atoms with E-state index >= 15 is 0 Å². The smallest absolute Gasteiger partial charge is 0.397 e. The van der Waals surface area contributed by atoms with E-state index in [-0.39, 0.29) is 22.7 Å². The van der Waals surface area contributed by atoms with Crippen molar-refractivity contribution in [3.63, 3.8) is 0 Å². The number of hydrogen-bond acceptors (Lipinski definition) is 7. The van der Waals surface area contributed by atoms with Crippen molar-refractivity contribution in [2.24, 2.45) is 0 Å². The molecule has 28 heavy (non-hydrogen) atoms. The Labute approximate surface area is 171 Å². The Kier molecular flexibility index (Phi) is 5.91.